The predicted octanol–water partition coefficient (Wildman–Crippen LogP) is 5.60. The molecule has 0 radical (unpaired) electrons. The first kappa shape index (κ1) is 29.9. The molecule has 3 rings (SSSR count). The molecule has 7 nitrogen and oxygen atoms in total. The molecule has 0 aliphatic rings. The smallest absolute Gasteiger partial charge is 0.264 e. The largest absolute Gasteiger partial charge is 0.354 e. The van der Waals surface area contributed by atoms with Crippen LogP contribution in [0.25, 0.3) is 0 Å². The number of rotatable bonds is 11. The zero-order chi connectivity index (χ0) is 27.9. The van der Waals surface area contributed by atoms with Gasteiger partial charge in [0, 0.05) is 22.0 Å². The standard InChI is InChI=1S/C28H31Br2N3O4S/c1-20(2)17-31-28(35)21(3)32(18-22-8-7-9-24(30)16-22)27(34)19-33(25-14-12-23(29)13-15-25)38(36,37)26-10-5-4-6-11-26/h4-16,20-21H,17-19H2,1-3H3,(H,31,35)/t21-/m0/s1. The molecule has 0 unspecified atom stereocenters. The topological polar surface area (TPSA) is 86.8 Å². The summed E-state index contributed by atoms with van der Waals surface area (Å²) in [4.78, 5) is 28.4. The molecule has 0 bridgehead atoms. The van der Waals surface area contributed by atoms with Crippen LogP contribution >= 0.6 is 31.9 Å². The fourth-order valence-electron chi connectivity index (χ4n) is 3.72. The van der Waals surface area contributed by atoms with Crippen molar-refractivity contribution in [2.75, 3.05) is 17.4 Å². The van der Waals surface area contributed by atoms with Crippen LogP contribution in [-0.2, 0) is 26.2 Å². The number of anilines is 1. The predicted molar refractivity (Wildman–Crippen MR) is 157 cm³/mol. The maximum absolute atomic E-state index is 13.9. The first-order chi connectivity index (χ1) is 18.0. The van der Waals surface area contributed by atoms with E-state index >= 15 is 0 Å². The fourth-order valence-corrected chi connectivity index (χ4v) is 5.87. The molecule has 0 heterocycles. The molecule has 0 aromatic heterocycles. The highest BCUT2D eigenvalue weighted by molar-refractivity contribution is 9.10. The number of nitrogens with one attached hydrogen (secondary N) is 1. The van der Waals surface area contributed by atoms with Crippen molar-refractivity contribution in [2.24, 2.45) is 5.92 Å². The molecule has 10 heteroatoms. The van der Waals surface area contributed by atoms with E-state index in [0.29, 0.717) is 12.2 Å². The molecule has 202 valence electrons. The van der Waals surface area contributed by atoms with Crippen molar-refractivity contribution < 1.29 is 18.0 Å². The molecule has 3 aromatic carbocycles. The van der Waals surface area contributed by atoms with Crippen LogP contribution in [0, 0.1) is 5.92 Å². The molecule has 0 saturated carbocycles. The number of hydrogen-bond acceptors (Lipinski definition) is 4. The molecule has 0 spiro atoms. The van der Waals surface area contributed by atoms with E-state index in [9.17, 15) is 18.0 Å². The first-order valence-electron chi connectivity index (χ1n) is 12.1. The Hall–Kier alpha value is -2.69. The third kappa shape index (κ3) is 7.91. The van der Waals surface area contributed by atoms with E-state index in [1.807, 2.05) is 38.1 Å². The van der Waals surface area contributed by atoms with Crippen LogP contribution in [-0.4, -0.2) is 44.3 Å². The normalized spacial score (nSPS) is 12.2. The number of nitrogens with zero attached hydrogens (tertiary/aromatic N) is 2. The fraction of sp³-hybridized carbons (Fsp3) is 0.286. The highest BCUT2D eigenvalue weighted by Crippen LogP contribution is 2.26. The Morgan fingerprint density at radius 3 is 2.13 bits per heavy atom. The summed E-state index contributed by atoms with van der Waals surface area (Å²) >= 11 is 6.83. The second-order valence-corrected chi connectivity index (χ2v) is 13.0. The lowest BCUT2D eigenvalue weighted by molar-refractivity contribution is -0.139. The van der Waals surface area contributed by atoms with Gasteiger partial charge in [-0.25, -0.2) is 8.42 Å². The maximum Gasteiger partial charge on any atom is 0.264 e. The zero-order valence-electron chi connectivity index (χ0n) is 21.5. The van der Waals surface area contributed by atoms with Crippen LogP contribution in [0.1, 0.15) is 26.3 Å². The number of hydrogen-bond donors (Lipinski definition) is 1. The van der Waals surface area contributed by atoms with Gasteiger partial charge in [0.15, 0.2) is 0 Å². The molecular weight excluding hydrogens is 634 g/mol. The van der Waals surface area contributed by atoms with E-state index in [-0.39, 0.29) is 23.3 Å². The lowest BCUT2D eigenvalue weighted by atomic mass is 10.1. The molecule has 0 aliphatic carbocycles. The lowest BCUT2D eigenvalue weighted by Gasteiger charge is -2.32. The van der Waals surface area contributed by atoms with Gasteiger partial charge in [0.25, 0.3) is 10.0 Å². The van der Waals surface area contributed by atoms with Crippen LogP contribution in [0.3, 0.4) is 0 Å². The van der Waals surface area contributed by atoms with Crippen molar-refractivity contribution in [3.05, 3.63) is 93.4 Å². The van der Waals surface area contributed by atoms with Gasteiger partial charge in [0.05, 0.1) is 10.6 Å². The molecule has 1 atom stereocenters. The SMILES string of the molecule is CC(C)CNC(=O)[C@H](C)N(Cc1cccc(Br)c1)C(=O)CN(c1ccc(Br)cc1)S(=O)(=O)c1ccccc1. The van der Waals surface area contributed by atoms with Crippen molar-refractivity contribution in [1.82, 2.24) is 10.2 Å². The van der Waals surface area contributed by atoms with Gasteiger partial charge in [0.1, 0.15) is 12.6 Å². The van der Waals surface area contributed by atoms with Gasteiger partial charge in [0.2, 0.25) is 11.8 Å². The second-order valence-electron chi connectivity index (χ2n) is 9.27. The molecule has 1 N–H and O–H groups in total. The Morgan fingerprint density at radius 1 is 0.868 bits per heavy atom. The lowest BCUT2D eigenvalue weighted by Crippen LogP contribution is -2.51. The summed E-state index contributed by atoms with van der Waals surface area (Å²) in [6.07, 6.45) is 0. The Bertz CT molecular complexity index is 1350. The van der Waals surface area contributed by atoms with Crippen LogP contribution in [0.15, 0.2) is 92.7 Å². The van der Waals surface area contributed by atoms with Gasteiger partial charge >= 0.3 is 0 Å². The number of amides is 2. The number of benzene rings is 3. The molecule has 2 amide bonds. The molecular formula is C28H31Br2N3O4S. The zero-order valence-corrected chi connectivity index (χ0v) is 25.5. The number of carbonyl (C=O) groups excluding carboxylic acids is 2. The quantitative estimate of drug-likeness (QED) is 0.289. The third-order valence-electron chi connectivity index (χ3n) is 5.82. The van der Waals surface area contributed by atoms with Crippen molar-refractivity contribution in [1.29, 1.82) is 0 Å². The van der Waals surface area contributed by atoms with Crippen molar-refractivity contribution in [2.45, 2.75) is 38.3 Å². The van der Waals surface area contributed by atoms with Gasteiger partial charge in [-0.05, 0) is 66.9 Å². The summed E-state index contributed by atoms with van der Waals surface area (Å²) < 4.78 is 30.1. The Balaban J connectivity index is 1.99. The van der Waals surface area contributed by atoms with Crippen LogP contribution in [0.5, 0.6) is 0 Å². The molecule has 0 aliphatic heterocycles. The second kappa shape index (κ2) is 13.4. The van der Waals surface area contributed by atoms with E-state index in [4.69, 9.17) is 0 Å². The highest BCUT2D eigenvalue weighted by Gasteiger charge is 2.32. The van der Waals surface area contributed by atoms with Crippen molar-refractivity contribution >= 4 is 59.4 Å². The summed E-state index contributed by atoms with van der Waals surface area (Å²) in [5.41, 5.74) is 1.14. The average molecular weight is 665 g/mol. The van der Waals surface area contributed by atoms with Crippen molar-refractivity contribution in [3.63, 3.8) is 0 Å². The third-order valence-corrected chi connectivity index (χ3v) is 8.63. The highest BCUT2D eigenvalue weighted by atomic mass is 79.9. The molecule has 38 heavy (non-hydrogen) atoms. The Kier molecular flexibility index (Phi) is 10.5. The molecule has 3 aromatic rings. The Morgan fingerprint density at radius 2 is 1.53 bits per heavy atom. The average Bonchev–Trinajstić information content (AvgIpc) is 2.89. The monoisotopic (exact) mass is 663 g/mol. The number of sulfonamides is 1. The van der Waals surface area contributed by atoms with Crippen molar-refractivity contribution in [3.8, 4) is 0 Å². The minimum Gasteiger partial charge on any atom is -0.354 e. The summed E-state index contributed by atoms with van der Waals surface area (Å²) in [5, 5.41) is 2.88. The molecule has 0 saturated heterocycles. The van der Waals surface area contributed by atoms with Gasteiger partial charge < -0.3 is 10.2 Å². The van der Waals surface area contributed by atoms with E-state index in [1.54, 1.807) is 49.4 Å². The van der Waals surface area contributed by atoms with E-state index in [2.05, 4.69) is 37.2 Å². The summed E-state index contributed by atoms with van der Waals surface area (Å²) in [7, 11) is -4.08. The van der Waals surface area contributed by atoms with Crippen LogP contribution in [0.4, 0.5) is 5.69 Å². The Labute approximate surface area is 241 Å². The van der Waals surface area contributed by atoms with Gasteiger partial charge in [-0.3, -0.25) is 13.9 Å². The summed E-state index contributed by atoms with van der Waals surface area (Å²) in [6.45, 7) is 5.75. The van der Waals surface area contributed by atoms with Crippen LogP contribution in [0.2, 0.25) is 0 Å². The van der Waals surface area contributed by atoms with Gasteiger partial charge in [-0.15, -0.1) is 0 Å². The van der Waals surface area contributed by atoms with E-state index < -0.39 is 28.5 Å². The maximum atomic E-state index is 13.9. The first-order valence-corrected chi connectivity index (χ1v) is 15.2. The van der Waals surface area contributed by atoms with Crippen LogP contribution < -0.4 is 9.62 Å². The minimum atomic E-state index is -4.08. The minimum absolute atomic E-state index is 0.0667. The number of halogens is 2. The van der Waals surface area contributed by atoms with E-state index in [1.165, 1.54) is 17.0 Å². The molecule has 0 fully saturated rings. The van der Waals surface area contributed by atoms with Gasteiger partial charge in [-0.2, -0.15) is 0 Å². The van der Waals surface area contributed by atoms with E-state index in [0.717, 1.165) is 18.8 Å². The summed E-state index contributed by atoms with van der Waals surface area (Å²) in [5.74, 6) is -0.563. The number of carbonyl (C=O) groups is 2. The summed E-state index contributed by atoms with van der Waals surface area (Å²) in [6, 6.07) is 21.3. The van der Waals surface area contributed by atoms with Gasteiger partial charge in [-0.1, -0.05) is 76.0 Å².